The van der Waals surface area contributed by atoms with Crippen LogP contribution in [0.1, 0.15) is 10.4 Å². The highest BCUT2D eigenvalue weighted by atomic mass is 32.2. The summed E-state index contributed by atoms with van der Waals surface area (Å²) in [5.74, 6) is 1.39. The quantitative estimate of drug-likeness (QED) is 0.684. The number of hydrogen-bond donors (Lipinski definition) is 0. The molecule has 0 bridgehead atoms. The van der Waals surface area contributed by atoms with Crippen LogP contribution in [0.25, 0.3) is 11.7 Å². The zero-order valence-electron chi connectivity index (χ0n) is 11.0. The van der Waals surface area contributed by atoms with Gasteiger partial charge in [0.05, 0.1) is 13.4 Å². The summed E-state index contributed by atoms with van der Waals surface area (Å²) in [5.41, 5.74) is 0.526. The Morgan fingerprint density at radius 2 is 2.00 bits per heavy atom. The Morgan fingerprint density at radius 1 is 1.19 bits per heavy atom. The molecule has 106 valence electrons. The molecule has 0 saturated heterocycles. The Labute approximate surface area is 124 Å². The van der Waals surface area contributed by atoms with Crippen molar-refractivity contribution >= 4 is 16.9 Å². The number of carbonyl (C=O) groups excluding carboxylic acids is 1. The van der Waals surface area contributed by atoms with E-state index in [0.29, 0.717) is 17.1 Å². The highest BCUT2D eigenvalue weighted by molar-refractivity contribution is 8.14. The number of furan rings is 1. The molecule has 0 saturated carbocycles. The molecule has 0 radical (unpaired) electrons. The molecule has 0 amide bonds. The molecular weight excluding hydrogens is 292 g/mol. The van der Waals surface area contributed by atoms with Crippen LogP contribution in [-0.2, 0) is 0 Å². The molecule has 7 heteroatoms. The van der Waals surface area contributed by atoms with E-state index in [2.05, 4.69) is 10.2 Å². The van der Waals surface area contributed by atoms with Gasteiger partial charge in [0.1, 0.15) is 5.75 Å². The van der Waals surface area contributed by atoms with Gasteiger partial charge in [0.15, 0.2) is 5.76 Å². The summed E-state index contributed by atoms with van der Waals surface area (Å²) in [5, 5.41) is 7.62. The molecule has 0 unspecified atom stereocenters. The van der Waals surface area contributed by atoms with Crippen molar-refractivity contribution in [2.24, 2.45) is 0 Å². The second-order valence-electron chi connectivity index (χ2n) is 3.97. The van der Waals surface area contributed by atoms with Gasteiger partial charge in [0, 0.05) is 17.3 Å². The Morgan fingerprint density at radius 3 is 2.67 bits per heavy atom. The summed E-state index contributed by atoms with van der Waals surface area (Å²) >= 11 is 0.867. The van der Waals surface area contributed by atoms with Crippen LogP contribution in [-0.4, -0.2) is 22.4 Å². The molecular formula is C14H10N2O4S. The van der Waals surface area contributed by atoms with E-state index in [1.807, 2.05) is 0 Å². The van der Waals surface area contributed by atoms with Crippen molar-refractivity contribution in [3.63, 3.8) is 0 Å². The van der Waals surface area contributed by atoms with E-state index in [9.17, 15) is 4.79 Å². The fourth-order valence-corrected chi connectivity index (χ4v) is 2.23. The third kappa shape index (κ3) is 2.97. The van der Waals surface area contributed by atoms with E-state index in [-0.39, 0.29) is 16.2 Å². The highest BCUT2D eigenvalue weighted by Gasteiger charge is 2.16. The lowest BCUT2D eigenvalue weighted by Gasteiger charge is -2.00. The largest absolute Gasteiger partial charge is 0.497 e. The molecule has 6 nitrogen and oxygen atoms in total. The molecule has 0 N–H and O–H groups in total. The number of nitrogens with zero attached hydrogens (tertiary/aromatic N) is 2. The molecule has 21 heavy (non-hydrogen) atoms. The molecule has 1 aromatic carbocycles. The zero-order chi connectivity index (χ0) is 14.7. The number of hydrogen-bond acceptors (Lipinski definition) is 7. The highest BCUT2D eigenvalue weighted by Crippen LogP contribution is 2.26. The van der Waals surface area contributed by atoms with Crippen LogP contribution in [0.2, 0.25) is 0 Å². The number of benzene rings is 1. The smallest absolute Gasteiger partial charge is 0.284 e. The van der Waals surface area contributed by atoms with Crippen LogP contribution in [0.4, 0.5) is 0 Å². The topological polar surface area (TPSA) is 78.4 Å². The van der Waals surface area contributed by atoms with Crippen LogP contribution in [0, 0.1) is 0 Å². The standard InChI is InChI=1S/C14H10N2O4S/c1-18-10-6-4-9(5-7-10)13(17)21-14-16-15-12(20-14)11-3-2-8-19-11/h2-8H,1H3. The summed E-state index contributed by atoms with van der Waals surface area (Å²) in [6.45, 7) is 0. The maximum absolute atomic E-state index is 12.1. The molecule has 0 aliphatic heterocycles. The fourth-order valence-electron chi connectivity index (χ4n) is 1.62. The van der Waals surface area contributed by atoms with Crippen molar-refractivity contribution in [2.75, 3.05) is 7.11 Å². The van der Waals surface area contributed by atoms with E-state index < -0.39 is 0 Å². The zero-order valence-corrected chi connectivity index (χ0v) is 11.8. The van der Waals surface area contributed by atoms with E-state index >= 15 is 0 Å². The Hall–Kier alpha value is -2.54. The van der Waals surface area contributed by atoms with Crippen molar-refractivity contribution in [3.05, 3.63) is 48.2 Å². The van der Waals surface area contributed by atoms with Gasteiger partial charge in [-0.3, -0.25) is 4.79 Å². The van der Waals surface area contributed by atoms with Gasteiger partial charge in [-0.25, -0.2) is 0 Å². The first kappa shape index (κ1) is 13.4. The van der Waals surface area contributed by atoms with Crippen LogP contribution >= 0.6 is 11.8 Å². The van der Waals surface area contributed by atoms with Gasteiger partial charge in [0.2, 0.25) is 5.12 Å². The molecule has 2 heterocycles. The number of aromatic nitrogens is 2. The van der Waals surface area contributed by atoms with Crippen LogP contribution in [0.5, 0.6) is 5.75 Å². The van der Waals surface area contributed by atoms with Crippen LogP contribution in [0.15, 0.2) is 56.7 Å². The molecule has 2 aromatic heterocycles. The van der Waals surface area contributed by atoms with E-state index in [0.717, 1.165) is 11.8 Å². The predicted molar refractivity (Wildman–Crippen MR) is 75.2 cm³/mol. The van der Waals surface area contributed by atoms with E-state index in [1.165, 1.54) is 6.26 Å². The first-order chi connectivity index (χ1) is 10.3. The second kappa shape index (κ2) is 5.84. The van der Waals surface area contributed by atoms with Gasteiger partial charge < -0.3 is 13.6 Å². The average Bonchev–Trinajstić information content (AvgIpc) is 3.18. The lowest BCUT2D eigenvalue weighted by Crippen LogP contribution is -1.93. The van der Waals surface area contributed by atoms with E-state index in [4.69, 9.17) is 13.6 Å². The maximum Gasteiger partial charge on any atom is 0.284 e. The molecule has 3 rings (SSSR count). The number of thioether (sulfide) groups is 1. The van der Waals surface area contributed by atoms with Gasteiger partial charge in [-0.2, -0.15) is 0 Å². The van der Waals surface area contributed by atoms with Crippen molar-refractivity contribution in [1.82, 2.24) is 10.2 Å². The third-order valence-electron chi connectivity index (χ3n) is 2.64. The summed E-state index contributed by atoms with van der Waals surface area (Å²) < 4.78 is 15.6. The molecule has 0 aliphatic rings. The van der Waals surface area contributed by atoms with Crippen molar-refractivity contribution < 1.29 is 18.4 Å². The lowest BCUT2D eigenvalue weighted by atomic mass is 10.2. The first-order valence-electron chi connectivity index (χ1n) is 6.00. The number of carbonyl (C=O) groups is 1. The fraction of sp³-hybridized carbons (Fsp3) is 0.0714. The van der Waals surface area contributed by atoms with Crippen LogP contribution < -0.4 is 4.74 Å². The van der Waals surface area contributed by atoms with Crippen molar-refractivity contribution in [2.45, 2.75) is 5.22 Å². The molecule has 0 fully saturated rings. The maximum atomic E-state index is 12.1. The minimum absolute atomic E-state index is 0.169. The summed E-state index contributed by atoms with van der Waals surface area (Å²) in [4.78, 5) is 12.1. The van der Waals surface area contributed by atoms with Gasteiger partial charge >= 0.3 is 0 Å². The summed E-state index contributed by atoms with van der Waals surface area (Å²) in [6.07, 6.45) is 1.51. The number of ether oxygens (including phenoxy) is 1. The Bertz CT molecular complexity index is 735. The summed E-state index contributed by atoms with van der Waals surface area (Å²) in [7, 11) is 1.57. The van der Waals surface area contributed by atoms with Gasteiger partial charge in [-0.05, 0) is 36.4 Å². The number of rotatable bonds is 4. The Balaban J connectivity index is 1.72. The van der Waals surface area contributed by atoms with Gasteiger partial charge in [0.25, 0.3) is 11.1 Å². The second-order valence-corrected chi connectivity index (χ2v) is 4.89. The molecule has 0 atom stereocenters. The molecule has 0 spiro atoms. The van der Waals surface area contributed by atoms with Crippen molar-refractivity contribution in [3.8, 4) is 17.4 Å². The summed E-state index contributed by atoms with van der Waals surface area (Å²) in [6, 6.07) is 10.2. The SMILES string of the molecule is COc1ccc(C(=O)Sc2nnc(-c3ccco3)o2)cc1. The van der Waals surface area contributed by atoms with E-state index in [1.54, 1.807) is 43.5 Å². The normalized spacial score (nSPS) is 10.5. The third-order valence-corrected chi connectivity index (χ3v) is 3.40. The average molecular weight is 302 g/mol. The first-order valence-corrected chi connectivity index (χ1v) is 6.81. The molecule has 0 aliphatic carbocycles. The number of methoxy groups -OCH3 is 1. The van der Waals surface area contributed by atoms with Crippen molar-refractivity contribution in [1.29, 1.82) is 0 Å². The molecule has 3 aromatic rings. The minimum Gasteiger partial charge on any atom is -0.497 e. The Kier molecular flexibility index (Phi) is 3.74. The van der Waals surface area contributed by atoms with Crippen LogP contribution in [0.3, 0.4) is 0 Å². The monoisotopic (exact) mass is 302 g/mol. The minimum atomic E-state index is -0.188. The van der Waals surface area contributed by atoms with Gasteiger partial charge in [-0.1, -0.05) is 0 Å². The predicted octanol–water partition coefficient (Wildman–Crippen LogP) is 3.27. The van der Waals surface area contributed by atoms with Gasteiger partial charge in [-0.15, -0.1) is 10.2 Å². The lowest BCUT2D eigenvalue weighted by molar-refractivity contribution is 0.108.